The van der Waals surface area contributed by atoms with Crippen molar-refractivity contribution in [2.45, 2.75) is 13.5 Å². The highest BCUT2D eigenvalue weighted by atomic mass is 15.3. The molecule has 0 atom stereocenters. The zero-order valence-electron chi connectivity index (χ0n) is 12.3. The Morgan fingerprint density at radius 3 is 2.86 bits per heavy atom. The second-order valence-corrected chi connectivity index (χ2v) is 5.11. The summed E-state index contributed by atoms with van der Waals surface area (Å²) in [4.78, 5) is 4.43. The molecule has 0 aliphatic carbocycles. The van der Waals surface area contributed by atoms with Gasteiger partial charge >= 0.3 is 0 Å². The van der Waals surface area contributed by atoms with Crippen LogP contribution in [0.4, 0.5) is 5.69 Å². The van der Waals surface area contributed by atoms with Gasteiger partial charge in [0.2, 0.25) is 0 Å². The number of nitriles is 1. The van der Waals surface area contributed by atoms with Crippen LogP contribution in [0.1, 0.15) is 17.0 Å². The summed E-state index contributed by atoms with van der Waals surface area (Å²) in [5, 5.41) is 17.7. The first-order chi connectivity index (χ1) is 10.1. The molecule has 0 spiro atoms. The number of nitrogens with one attached hydrogen (secondary N) is 1. The molecule has 0 fully saturated rings. The van der Waals surface area contributed by atoms with Crippen LogP contribution in [-0.2, 0) is 20.6 Å². The van der Waals surface area contributed by atoms with Gasteiger partial charge in [-0.15, -0.1) is 0 Å². The van der Waals surface area contributed by atoms with E-state index in [0.29, 0.717) is 12.2 Å². The molecule has 3 aromatic rings. The third-order valence-electron chi connectivity index (χ3n) is 3.54. The molecule has 0 unspecified atom stereocenters. The van der Waals surface area contributed by atoms with Gasteiger partial charge in [0.1, 0.15) is 11.8 Å². The number of aryl methyl sites for hydroxylation is 3. The molecule has 6 nitrogen and oxygen atoms in total. The fourth-order valence-electron chi connectivity index (χ4n) is 2.45. The summed E-state index contributed by atoms with van der Waals surface area (Å²) in [6.07, 6.45) is 3.75. The van der Waals surface area contributed by atoms with Gasteiger partial charge in [-0.1, -0.05) is 0 Å². The van der Waals surface area contributed by atoms with Gasteiger partial charge < -0.3 is 9.88 Å². The maximum absolute atomic E-state index is 8.96. The number of hydrogen-bond acceptors (Lipinski definition) is 4. The third kappa shape index (κ3) is 2.34. The summed E-state index contributed by atoms with van der Waals surface area (Å²) >= 11 is 0. The largest absolute Gasteiger partial charge is 0.380 e. The lowest BCUT2D eigenvalue weighted by atomic mass is 10.2. The molecule has 3 aromatic heterocycles. The zero-order valence-corrected chi connectivity index (χ0v) is 12.3. The van der Waals surface area contributed by atoms with Crippen molar-refractivity contribution in [2.24, 2.45) is 14.1 Å². The molecule has 0 saturated carbocycles. The van der Waals surface area contributed by atoms with Gasteiger partial charge in [0.15, 0.2) is 5.65 Å². The van der Waals surface area contributed by atoms with E-state index in [1.54, 1.807) is 10.9 Å². The molecule has 1 N–H and O–H groups in total. The number of rotatable bonds is 3. The van der Waals surface area contributed by atoms with E-state index in [1.807, 2.05) is 37.8 Å². The molecule has 0 aliphatic heterocycles. The lowest BCUT2D eigenvalue weighted by molar-refractivity contribution is 0.774. The Morgan fingerprint density at radius 1 is 1.33 bits per heavy atom. The second-order valence-electron chi connectivity index (χ2n) is 5.11. The smallest absolute Gasteiger partial charge is 0.157 e. The van der Waals surface area contributed by atoms with Crippen LogP contribution in [0.5, 0.6) is 0 Å². The lowest BCUT2D eigenvalue weighted by Gasteiger charge is -2.04. The lowest BCUT2D eigenvalue weighted by Crippen LogP contribution is -1.99. The Hall–Kier alpha value is -2.81. The molecular formula is C15H16N6. The Kier molecular flexibility index (Phi) is 3.10. The molecule has 0 aromatic carbocycles. The molecule has 3 rings (SSSR count). The van der Waals surface area contributed by atoms with Gasteiger partial charge in [-0.3, -0.25) is 4.68 Å². The molecule has 6 heteroatoms. The van der Waals surface area contributed by atoms with E-state index in [9.17, 15) is 0 Å². The van der Waals surface area contributed by atoms with E-state index in [1.165, 1.54) is 0 Å². The SMILES string of the molecule is Cc1nn(C)c2ncc(NCc3cc(C#N)n(C)c3)cc12. The Morgan fingerprint density at radius 2 is 2.14 bits per heavy atom. The summed E-state index contributed by atoms with van der Waals surface area (Å²) in [5.41, 5.74) is 4.51. The van der Waals surface area contributed by atoms with Crippen molar-refractivity contribution in [1.82, 2.24) is 19.3 Å². The number of hydrogen-bond donors (Lipinski definition) is 1. The Bertz CT molecular complexity index is 849. The van der Waals surface area contributed by atoms with Crippen LogP contribution in [0.2, 0.25) is 0 Å². The van der Waals surface area contributed by atoms with Crippen LogP contribution in [0.25, 0.3) is 11.0 Å². The van der Waals surface area contributed by atoms with Gasteiger partial charge in [-0.2, -0.15) is 10.4 Å². The first-order valence-electron chi connectivity index (χ1n) is 6.67. The van der Waals surface area contributed by atoms with Crippen LogP contribution >= 0.6 is 0 Å². The fourth-order valence-corrected chi connectivity index (χ4v) is 2.45. The molecule has 106 valence electrons. The van der Waals surface area contributed by atoms with E-state index in [2.05, 4.69) is 27.5 Å². The molecule has 3 heterocycles. The predicted molar refractivity (Wildman–Crippen MR) is 80.7 cm³/mol. The van der Waals surface area contributed by atoms with Crippen LogP contribution in [-0.4, -0.2) is 19.3 Å². The summed E-state index contributed by atoms with van der Waals surface area (Å²) in [6.45, 7) is 2.63. The normalized spacial score (nSPS) is 10.8. The predicted octanol–water partition coefficient (Wildman–Crippen LogP) is 2.10. The quantitative estimate of drug-likeness (QED) is 0.797. The van der Waals surface area contributed by atoms with Crippen LogP contribution in [0, 0.1) is 18.3 Å². The molecule has 0 aliphatic rings. The minimum atomic E-state index is 0.655. The van der Waals surface area contributed by atoms with Crippen molar-refractivity contribution in [3.8, 4) is 6.07 Å². The highest BCUT2D eigenvalue weighted by Crippen LogP contribution is 2.19. The Balaban J connectivity index is 1.82. The molecule has 0 radical (unpaired) electrons. The molecular weight excluding hydrogens is 264 g/mol. The van der Waals surface area contributed by atoms with Crippen LogP contribution < -0.4 is 5.32 Å². The van der Waals surface area contributed by atoms with Gasteiger partial charge in [-0.25, -0.2) is 4.98 Å². The average molecular weight is 280 g/mol. The van der Waals surface area contributed by atoms with E-state index in [-0.39, 0.29) is 0 Å². The molecule has 0 bridgehead atoms. The van der Waals surface area contributed by atoms with Gasteiger partial charge in [0.25, 0.3) is 0 Å². The number of fused-ring (bicyclic) bond motifs is 1. The standard InChI is InChI=1S/C15H16N6/c1-10-14-5-12(8-18-15(14)21(3)19-10)17-7-11-4-13(6-16)20(2)9-11/h4-5,8-9,17H,7H2,1-3H3. The average Bonchev–Trinajstić information content (AvgIpc) is 2.97. The molecule has 0 amide bonds. The van der Waals surface area contributed by atoms with E-state index in [0.717, 1.165) is 28.0 Å². The number of nitrogens with zero attached hydrogens (tertiary/aromatic N) is 5. The summed E-state index contributed by atoms with van der Waals surface area (Å²) in [5.74, 6) is 0. The first-order valence-corrected chi connectivity index (χ1v) is 6.67. The maximum atomic E-state index is 8.96. The van der Waals surface area contributed by atoms with Crippen LogP contribution in [0.3, 0.4) is 0 Å². The van der Waals surface area contributed by atoms with Crippen molar-refractivity contribution >= 4 is 16.7 Å². The minimum Gasteiger partial charge on any atom is -0.380 e. The van der Waals surface area contributed by atoms with Crippen LogP contribution in [0.15, 0.2) is 24.5 Å². The Labute approximate surface area is 122 Å². The van der Waals surface area contributed by atoms with E-state index in [4.69, 9.17) is 5.26 Å². The number of anilines is 1. The number of pyridine rings is 1. The molecule has 21 heavy (non-hydrogen) atoms. The minimum absolute atomic E-state index is 0.655. The van der Waals surface area contributed by atoms with E-state index >= 15 is 0 Å². The monoisotopic (exact) mass is 280 g/mol. The summed E-state index contributed by atoms with van der Waals surface area (Å²) < 4.78 is 3.61. The molecule has 0 saturated heterocycles. The zero-order chi connectivity index (χ0) is 15.0. The van der Waals surface area contributed by atoms with Crippen molar-refractivity contribution in [3.63, 3.8) is 0 Å². The van der Waals surface area contributed by atoms with Crippen molar-refractivity contribution in [3.05, 3.63) is 41.5 Å². The summed E-state index contributed by atoms with van der Waals surface area (Å²) in [7, 11) is 3.76. The van der Waals surface area contributed by atoms with E-state index < -0.39 is 0 Å². The van der Waals surface area contributed by atoms with Crippen molar-refractivity contribution in [2.75, 3.05) is 5.32 Å². The number of aromatic nitrogens is 4. The fraction of sp³-hybridized carbons (Fsp3) is 0.267. The topological polar surface area (TPSA) is 71.5 Å². The van der Waals surface area contributed by atoms with Gasteiger partial charge in [0.05, 0.1) is 17.6 Å². The van der Waals surface area contributed by atoms with Crippen molar-refractivity contribution in [1.29, 1.82) is 5.26 Å². The second kappa shape index (κ2) is 4.94. The third-order valence-corrected chi connectivity index (χ3v) is 3.54. The summed E-state index contributed by atoms with van der Waals surface area (Å²) in [6, 6.07) is 6.10. The highest BCUT2D eigenvalue weighted by molar-refractivity contribution is 5.81. The maximum Gasteiger partial charge on any atom is 0.157 e. The van der Waals surface area contributed by atoms with Crippen molar-refractivity contribution < 1.29 is 0 Å². The van der Waals surface area contributed by atoms with Gasteiger partial charge in [-0.05, 0) is 24.6 Å². The first kappa shape index (κ1) is 13.2. The highest BCUT2D eigenvalue weighted by Gasteiger charge is 2.07. The van der Waals surface area contributed by atoms with Gasteiger partial charge in [0, 0.05) is 32.2 Å².